The van der Waals surface area contributed by atoms with Gasteiger partial charge < -0.3 is 14.5 Å². The number of nitrogens with zero attached hydrogens (tertiary/aromatic N) is 2. The molecule has 2 fully saturated rings. The van der Waals surface area contributed by atoms with Crippen LogP contribution in [0.15, 0.2) is 22.7 Å². The normalized spacial score (nSPS) is 18.0. The van der Waals surface area contributed by atoms with Crippen molar-refractivity contribution in [2.24, 2.45) is 5.92 Å². The van der Waals surface area contributed by atoms with Crippen molar-refractivity contribution < 1.29 is 14.3 Å². The molecule has 7 heteroatoms. The summed E-state index contributed by atoms with van der Waals surface area (Å²) >= 11 is 9.39. The minimum atomic E-state index is -0.0810. The largest absolute Gasteiger partial charge is 0.482 e. The summed E-state index contributed by atoms with van der Waals surface area (Å²) in [5, 5.41) is 0.465. The number of carbonyl (C=O) groups is 2. The third kappa shape index (κ3) is 4.18. The third-order valence-corrected chi connectivity index (χ3v) is 4.90. The molecule has 0 radical (unpaired) electrons. The van der Waals surface area contributed by atoms with E-state index in [1.165, 1.54) is 0 Å². The van der Waals surface area contributed by atoms with Gasteiger partial charge in [-0.3, -0.25) is 9.59 Å². The molecule has 1 aliphatic heterocycles. The maximum absolute atomic E-state index is 12.2. The van der Waals surface area contributed by atoms with Crippen LogP contribution < -0.4 is 4.74 Å². The Labute approximate surface area is 148 Å². The van der Waals surface area contributed by atoms with Gasteiger partial charge in [-0.1, -0.05) is 27.5 Å². The first-order valence-electron chi connectivity index (χ1n) is 7.69. The van der Waals surface area contributed by atoms with Crippen molar-refractivity contribution in [2.75, 3.05) is 32.8 Å². The van der Waals surface area contributed by atoms with Gasteiger partial charge in [0.05, 0.1) is 5.02 Å². The average Bonchev–Trinajstić information content (AvgIpc) is 3.38. The molecule has 1 aromatic carbocycles. The highest BCUT2D eigenvalue weighted by atomic mass is 79.9. The highest BCUT2D eigenvalue weighted by Crippen LogP contribution is 2.31. The predicted molar refractivity (Wildman–Crippen MR) is 90.5 cm³/mol. The van der Waals surface area contributed by atoms with Gasteiger partial charge >= 0.3 is 0 Å². The molecule has 124 valence electrons. The fourth-order valence-electron chi connectivity index (χ4n) is 2.59. The Hall–Kier alpha value is -1.27. The number of amides is 2. The number of hydrogen-bond acceptors (Lipinski definition) is 3. The molecule has 1 aromatic rings. The minimum Gasteiger partial charge on any atom is -0.482 e. The molecule has 5 nitrogen and oxygen atoms in total. The van der Waals surface area contributed by atoms with Crippen LogP contribution in [-0.4, -0.2) is 54.4 Å². The molecular weight excluding hydrogens is 384 g/mol. The van der Waals surface area contributed by atoms with E-state index in [-0.39, 0.29) is 24.3 Å². The minimum absolute atomic E-state index is 0.0437. The second-order valence-corrected chi connectivity index (χ2v) is 7.17. The Morgan fingerprint density at radius 2 is 1.83 bits per heavy atom. The van der Waals surface area contributed by atoms with Crippen LogP contribution in [0.3, 0.4) is 0 Å². The molecule has 2 amide bonds. The summed E-state index contributed by atoms with van der Waals surface area (Å²) in [6, 6.07) is 5.27. The van der Waals surface area contributed by atoms with Crippen molar-refractivity contribution in [1.82, 2.24) is 9.80 Å². The fourth-order valence-corrected chi connectivity index (χ4v) is 3.32. The third-order valence-electron chi connectivity index (χ3n) is 4.12. The zero-order valence-corrected chi connectivity index (χ0v) is 15.0. The highest BCUT2D eigenvalue weighted by Gasteiger charge is 2.35. The standard InChI is InChI=1S/C16H18BrClN2O3/c17-12-3-4-14(13(18)9-12)23-10-15(21)19-5-7-20(8-6-19)16(22)11-1-2-11/h3-4,9,11H,1-2,5-8,10H2. The zero-order valence-electron chi connectivity index (χ0n) is 12.6. The summed E-state index contributed by atoms with van der Waals surface area (Å²) in [4.78, 5) is 27.8. The molecule has 0 bridgehead atoms. The van der Waals surface area contributed by atoms with Crippen LogP contribution >= 0.6 is 27.5 Å². The number of carbonyl (C=O) groups excluding carboxylic acids is 2. The smallest absolute Gasteiger partial charge is 0.260 e. The monoisotopic (exact) mass is 400 g/mol. The number of rotatable bonds is 4. The zero-order chi connectivity index (χ0) is 16.4. The van der Waals surface area contributed by atoms with Crippen LogP contribution in [0.1, 0.15) is 12.8 Å². The molecule has 1 heterocycles. The van der Waals surface area contributed by atoms with E-state index in [2.05, 4.69) is 15.9 Å². The van der Waals surface area contributed by atoms with Gasteiger partial charge in [0, 0.05) is 36.6 Å². The Morgan fingerprint density at radius 1 is 1.17 bits per heavy atom. The predicted octanol–water partition coefficient (Wildman–Crippen LogP) is 2.56. The van der Waals surface area contributed by atoms with Gasteiger partial charge in [0.2, 0.25) is 5.91 Å². The van der Waals surface area contributed by atoms with Gasteiger partial charge in [-0.15, -0.1) is 0 Å². The van der Waals surface area contributed by atoms with E-state index in [0.717, 1.165) is 17.3 Å². The Morgan fingerprint density at radius 3 is 2.43 bits per heavy atom. The van der Waals surface area contributed by atoms with Crippen LogP contribution in [-0.2, 0) is 9.59 Å². The van der Waals surface area contributed by atoms with Crippen LogP contribution in [0.5, 0.6) is 5.75 Å². The summed E-state index contributed by atoms with van der Waals surface area (Å²) in [6.07, 6.45) is 2.03. The molecule has 0 N–H and O–H groups in total. The van der Waals surface area contributed by atoms with E-state index in [1.54, 1.807) is 17.0 Å². The molecule has 1 saturated carbocycles. The summed E-state index contributed by atoms with van der Waals surface area (Å²) in [5.41, 5.74) is 0. The number of benzene rings is 1. The molecule has 1 aliphatic carbocycles. The van der Waals surface area contributed by atoms with E-state index in [4.69, 9.17) is 16.3 Å². The lowest BCUT2D eigenvalue weighted by molar-refractivity contribution is -0.141. The van der Waals surface area contributed by atoms with Crippen molar-refractivity contribution in [1.29, 1.82) is 0 Å². The van der Waals surface area contributed by atoms with Crippen LogP contribution in [0.25, 0.3) is 0 Å². The number of hydrogen-bond donors (Lipinski definition) is 0. The number of piperazine rings is 1. The summed E-state index contributed by atoms with van der Waals surface area (Å²) in [7, 11) is 0. The van der Waals surface area contributed by atoms with E-state index in [0.29, 0.717) is 37.0 Å². The lowest BCUT2D eigenvalue weighted by atomic mass is 10.2. The molecule has 3 rings (SSSR count). The molecule has 2 aliphatic rings. The molecule has 0 unspecified atom stereocenters. The second kappa shape index (κ2) is 7.09. The van der Waals surface area contributed by atoms with Crippen LogP contribution in [0.2, 0.25) is 5.02 Å². The first-order chi connectivity index (χ1) is 11.0. The van der Waals surface area contributed by atoms with Crippen molar-refractivity contribution >= 4 is 39.3 Å². The highest BCUT2D eigenvalue weighted by molar-refractivity contribution is 9.10. The molecule has 1 saturated heterocycles. The first-order valence-corrected chi connectivity index (χ1v) is 8.86. The average molecular weight is 402 g/mol. The van der Waals surface area contributed by atoms with Crippen molar-refractivity contribution in [3.8, 4) is 5.75 Å². The summed E-state index contributed by atoms with van der Waals surface area (Å²) in [5.74, 6) is 0.892. The van der Waals surface area contributed by atoms with Gasteiger partial charge in [-0.05, 0) is 31.0 Å². The van der Waals surface area contributed by atoms with Gasteiger partial charge in [0.15, 0.2) is 6.61 Å². The van der Waals surface area contributed by atoms with Crippen molar-refractivity contribution in [2.45, 2.75) is 12.8 Å². The number of halogens is 2. The van der Waals surface area contributed by atoms with Gasteiger partial charge in [0.25, 0.3) is 5.91 Å². The van der Waals surface area contributed by atoms with Gasteiger partial charge in [-0.2, -0.15) is 0 Å². The van der Waals surface area contributed by atoms with E-state index in [9.17, 15) is 9.59 Å². The number of ether oxygens (including phenoxy) is 1. The van der Waals surface area contributed by atoms with Crippen molar-refractivity contribution in [3.63, 3.8) is 0 Å². The first kappa shape index (κ1) is 16.6. The summed E-state index contributed by atoms with van der Waals surface area (Å²) < 4.78 is 6.36. The fraction of sp³-hybridized carbons (Fsp3) is 0.500. The van der Waals surface area contributed by atoms with Crippen molar-refractivity contribution in [3.05, 3.63) is 27.7 Å². The van der Waals surface area contributed by atoms with Gasteiger partial charge in [-0.25, -0.2) is 0 Å². The SMILES string of the molecule is O=C(COc1ccc(Br)cc1Cl)N1CCN(C(=O)C2CC2)CC1. The van der Waals surface area contributed by atoms with E-state index in [1.807, 2.05) is 11.0 Å². The lowest BCUT2D eigenvalue weighted by Crippen LogP contribution is -2.52. The maximum atomic E-state index is 12.2. The molecule has 0 aromatic heterocycles. The van der Waals surface area contributed by atoms with E-state index >= 15 is 0 Å². The maximum Gasteiger partial charge on any atom is 0.260 e. The van der Waals surface area contributed by atoms with Crippen LogP contribution in [0.4, 0.5) is 0 Å². The Bertz CT molecular complexity index is 613. The van der Waals surface area contributed by atoms with Crippen LogP contribution in [0, 0.1) is 5.92 Å². The quantitative estimate of drug-likeness (QED) is 0.779. The molecule has 0 spiro atoms. The second-order valence-electron chi connectivity index (χ2n) is 5.84. The Balaban J connectivity index is 1.46. The molecule has 23 heavy (non-hydrogen) atoms. The summed E-state index contributed by atoms with van der Waals surface area (Å²) in [6.45, 7) is 2.31. The van der Waals surface area contributed by atoms with E-state index < -0.39 is 0 Å². The topological polar surface area (TPSA) is 49.9 Å². The molecular formula is C16H18BrClN2O3. The lowest BCUT2D eigenvalue weighted by Gasteiger charge is -2.34. The van der Waals surface area contributed by atoms with Gasteiger partial charge in [0.1, 0.15) is 5.75 Å². The Kier molecular flexibility index (Phi) is 5.11. The molecule has 0 atom stereocenters.